The average molecular weight is 435 g/mol. The Hall–Kier alpha value is -3.19. The van der Waals surface area contributed by atoms with Gasteiger partial charge in [-0.1, -0.05) is 42.0 Å². The average Bonchev–Trinajstić information content (AvgIpc) is 3.37. The summed E-state index contributed by atoms with van der Waals surface area (Å²) in [7, 11) is 0. The van der Waals surface area contributed by atoms with Crippen molar-refractivity contribution in [2.24, 2.45) is 0 Å². The van der Waals surface area contributed by atoms with Gasteiger partial charge in [-0.15, -0.1) is 11.3 Å². The number of imidazole rings is 1. The number of carbonyl (C=O) groups excluding carboxylic acids is 1. The number of hydrogen-bond donors (Lipinski definition) is 0. The number of para-hydroxylation sites is 1. The lowest BCUT2D eigenvalue weighted by atomic mass is 10.1. The normalized spacial score (nSPS) is 14.4. The highest BCUT2D eigenvalue weighted by atomic mass is 32.1. The third kappa shape index (κ3) is 3.93. The highest BCUT2D eigenvalue weighted by Gasteiger charge is 2.23. The van der Waals surface area contributed by atoms with Gasteiger partial charge in [-0.05, 0) is 19.1 Å². The quantitative estimate of drug-likeness (QED) is 0.478. The summed E-state index contributed by atoms with van der Waals surface area (Å²) in [6.07, 6.45) is 2.35. The zero-order valence-electron chi connectivity index (χ0n) is 17.3. The first-order valence-electron chi connectivity index (χ1n) is 10.4. The molecule has 7 heteroatoms. The Kier molecular flexibility index (Phi) is 5.19. The van der Waals surface area contributed by atoms with E-state index in [2.05, 4.69) is 31.2 Å². The predicted molar refractivity (Wildman–Crippen MR) is 122 cm³/mol. The Morgan fingerprint density at radius 3 is 2.55 bits per heavy atom. The van der Waals surface area contributed by atoms with E-state index in [1.165, 1.54) is 11.6 Å². The van der Waals surface area contributed by atoms with Crippen LogP contribution in [0.4, 0.5) is 10.1 Å². The Bertz CT molecular complexity index is 1220. The molecule has 1 amide bonds. The maximum atomic E-state index is 14.0. The van der Waals surface area contributed by atoms with Gasteiger partial charge in [0, 0.05) is 49.0 Å². The number of carbonyl (C=O) groups is 1. The molecule has 4 aromatic rings. The van der Waals surface area contributed by atoms with Gasteiger partial charge in [-0.25, -0.2) is 9.37 Å². The third-order valence-corrected chi connectivity index (χ3v) is 6.68. The van der Waals surface area contributed by atoms with Crippen molar-refractivity contribution in [1.29, 1.82) is 0 Å². The summed E-state index contributed by atoms with van der Waals surface area (Å²) in [6, 6.07) is 15.1. The number of anilines is 1. The molecule has 1 fully saturated rings. The molecule has 0 spiro atoms. The first kappa shape index (κ1) is 19.8. The van der Waals surface area contributed by atoms with Crippen LogP contribution in [0.2, 0.25) is 0 Å². The number of benzene rings is 2. The summed E-state index contributed by atoms with van der Waals surface area (Å²) in [5.74, 6) is -0.120. The van der Waals surface area contributed by atoms with Crippen molar-refractivity contribution in [1.82, 2.24) is 14.3 Å². The molecule has 1 aliphatic heterocycles. The fourth-order valence-corrected chi connectivity index (χ4v) is 4.86. The van der Waals surface area contributed by atoms with Crippen molar-refractivity contribution in [3.05, 3.63) is 77.2 Å². The lowest BCUT2D eigenvalue weighted by Crippen LogP contribution is -2.49. The van der Waals surface area contributed by atoms with E-state index in [1.807, 2.05) is 31.8 Å². The lowest BCUT2D eigenvalue weighted by molar-refractivity contribution is -0.130. The summed E-state index contributed by atoms with van der Waals surface area (Å²) in [5.41, 5.74) is 4.76. The van der Waals surface area contributed by atoms with Crippen LogP contribution < -0.4 is 4.90 Å². The van der Waals surface area contributed by atoms with Gasteiger partial charge in [0.2, 0.25) is 5.91 Å². The van der Waals surface area contributed by atoms with Gasteiger partial charge in [-0.3, -0.25) is 9.20 Å². The van der Waals surface area contributed by atoms with Gasteiger partial charge in [-0.2, -0.15) is 0 Å². The molecule has 3 heterocycles. The highest BCUT2D eigenvalue weighted by Crippen LogP contribution is 2.25. The molecule has 1 saturated heterocycles. The molecule has 0 atom stereocenters. The summed E-state index contributed by atoms with van der Waals surface area (Å²) < 4.78 is 16.1. The molecule has 5 nitrogen and oxygen atoms in total. The topological polar surface area (TPSA) is 40.9 Å². The van der Waals surface area contributed by atoms with Crippen molar-refractivity contribution < 1.29 is 9.18 Å². The van der Waals surface area contributed by atoms with Crippen molar-refractivity contribution in [2.45, 2.75) is 13.3 Å². The van der Waals surface area contributed by atoms with E-state index >= 15 is 0 Å². The van der Waals surface area contributed by atoms with E-state index in [0.29, 0.717) is 38.3 Å². The summed E-state index contributed by atoms with van der Waals surface area (Å²) in [4.78, 5) is 22.4. The van der Waals surface area contributed by atoms with Gasteiger partial charge >= 0.3 is 0 Å². The van der Waals surface area contributed by atoms with E-state index in [4.69, 9.17) is 4.98 Å². The second-order valence-electron chi connectivity index (χ2n) is 7.87. The van der Waals surface area contributed by atoms with Crippen LogP contribution in [-0.2, 0) is 11.2 Å². The fourth-order valence-electron chi connectivity index (χ4n) is 3.99. The van der Waals surface area contributed by atoms with E-state index in [0.717, 1.165) is 21.9 Å². The second-order valence-corrected chi connectivity index (χ2v) is 8.70. The molecule has 0 bridgehead atoms. The molecule has 0 aliphatic carbocycles. The molecular formula is C24H23FN4OS. The highest BCUT2D eigenvalue weighted by molar-refractivity contribution is 7.15. The van der Waals surface area contributed by atoms with Crippen molar-refractivity contribution in [3.8, 4) is 11.3 Å². The number of halogens is 1. The van der Waals surface area contributed by atoms with Crippen LogP contribution in [0, 0.1) is 12.7 Å². The number of hydrogen-bond acceptors (Lipinski definition) is 4. The molecule has 2 aromatic carbocycles. The van der Waals surface area contributed by atoms with Crippen LogP contribution in [-0.4, -0.2) is 46.4 Å². The molecule has 1 aliphatic rings. The maximum Gasteiger partial charge on any atom is 0.228 e. The zero-order valence-corrected chi connectivity index (χ0v) is 18.1. The van der Waals surface area contributed by atoms with Crippen LogP contribution >= 0.6 is 11.3 Å². The number of fused-ring (bicyclic) bond motifs is 1. The Labute approximate surface area is 184 Å². The number of amides is 1. The molecule has 2 aromatic heterocycles. The van der Waals surface area contributed by atoms with Crippen LogP contribution in [0.5, 0.6) is 0 Å². The minimum atomic E-state index is -0.215. The van der Waals surface area contributed by atoms with Gasteiger partial charge in [0.25, 0.3) is 0 Å². The van der Waals surface area contributed by atoms with Gasteiger partial charge in [0.1, 0.15) is 5.82 Å². The van der Waals surface area contributed by atoms with Crippen molar-refractivity contribution >= 4 is 27.9 Å². The van der Waals surface area contributed by atoms with E-state index < -0.39 is 0 Å². The lowest BCUT2D eigenvalue weighted by Gasteiger charge is -2.36. The molecule has 0 unspecified atom stereocenters. The zero-order chi connectivity index (χ0) is 21.4. The van der Waals surface area contributed by atoms with Gasteiger partial charge < -0.3 is 9.80 Å². The summed E-state index contributed by atoms with van der Waals surface area (Å²) in [6.45, 7) is 4.52. The van der Waals surface area contributed by atoms with Crippen molar-refractivity contribution in [3.63, 3.8) is 0 Å². The molecular weight excluding hydrogens is 411 g/mol. The number of nitrogens with zero attached hydrogens (tertiary/aromatic N) is 4. The molecule has 31 heavy (non-hydrogen) atoms. The minimum Gasteiger partial charge on any atom is -0.366 e. The number of rotatable bonds is 4. The second kappa shape index (κ2) is 8.15. The van der Waals surface area contributed by atoms with Crippen LogP contribution in [0.15, 0.2) is 60.1 Å². The summed E-state index contributed by atoms with van der Waals surface area (Å²) in [5, 5.41) is 2.01. The Morgan fingerprint density at radius 2 is 1.81 bits per heavy atom. The minimum absolute atomic E-state index is 0.0958. The molecule has 158 valence electrons. The standard InChI is InChI=1S/C24H23FN4OS/c1-17-6-8-18(9-7-17)21-15-29-19(16-31-24(29)26-21)14-23(30)28-12-10-27(11-13-28)22-5-3-2-4-20(22)25/h2-9,15-16H,10-14H2,1H3. The smallest absolute Gasteiger partial charge is 0.228 e. The number of aryl methyl sites for hydroxylation is 1. The van der Waals surface area contributed by atoms with E-state index in [9.17, 15) is 9.18 Å². The SMILES string of the molecule is Cc1ccc(-c2cn3c(CC(=O)N4CCN(c5ccccc5F)CC4)csc3n2)cc1. The Balaban J connectivity index is 1.26. The van der Waals surface area contributed by atoms with Gasteiger partial charge in [0.05, 0.1) is 17.8 Å². The summed E-state index contributed by atoms with van der Waals surface area (Å²) >= 11 is 1.55. The van der Waals surface area contributed by atoms with Crippen molar-refractivity contribution in [2.75, 3.05) is 31.1 Å². The molecule has 0 N–H and O–H groups in total. The maximum absolute atomic E-state index is 14.0. The first-order chi connectivity index (χ1) is 15.1. The van der Waals surface area contributed by atoms with E-state index in [-0.39, 0.29) is 11.7 Å². The number of aromatic nitrogens is 2. The first-order valence-corrected chi connectivity index (χ1v) is 11.3. The van der Waals surface area contributed by atoms with Crippen LogP contribution in [0.1, 0.15) is 11.3 Å². The van der Waals surface area contributed by atoms with Crippen LogP contribution in [0.25, 0.3) is 16.2 Å². The van der Waals surface area contributed by atoms with E-state index in [1.54, 1.807) is 23.5 Å². The third-order valence-electron chi connectivity index (χ3n) is 5.79. The molecule has 0 radical (unpaired) electrons. The van der Waals surface area contributed by atoms with Crippen LogP contribution in [0.3, 0.4) is 0 Å². The number of thiazole rings is 1. The molecule has 0 saturated carbocycles. The molecule has 5 rings (SSSR count). The number of piperazine rings is 1. The largest absolute Gasteiger partial charge is 0.366 e. The fraction of sp³-hybridized carbons (Fsp3) is 0.250. The monoisotopic (exact) mass is 434 g/mol. The van der Waals surface area contributed by atoms with Gasteiger partial charge in [0.15, 0.2) is 4.96 Å². The Morgan fingerprint density at radius 1 is 1.06 bits per heavy atom. The predicted octanol–water partition coefficient (Wildman–Crippen LogP) is 4.40.